The summed E-state index contributed by atoms with van der Waals surface area (Å²) in [6, 6.07) is 13.6. The summed E-state index contributed by atoms with van der Waals surface area (Å²) < 4.78 is 5.59. The predicted octanol–water partition coefficient (Wildman–Crippen LogP) is 5.24. The molecule has 0 spiro atoms. The Kier molecular flexibility index (Phi) is 8.59. The van der Waals surface area contributed by atoms with Gasteiger partial charge in [0.2, 0.25) is 0 Å². The highest BCUT2D eigenvalue weighted by Crippen LogP contribution is 2.37. The third kappa shape index (κ3) is 5.66. The fraction of sp³-hybridized carbons (Fsp3) is 0.355. The molecule has 0 unspecified atom stereocenters. The molecule has 0 saturated carbocycles. The summed E-state index contributed by atoms with van der Waals surface area (Å²) in [5, 5.41) is 1.31. The van der Waals surface area contributed by atoms with E-state index in [1.165, 1.54) is 0 Å². The van der Waals surface area contributed by atoms with E-state index in [1.807, 2.05) is 41.4 Å². The number of para-hydroxylation sites is 1. The van der Waals surface area contributed by atoms with Gasteiger partial charge in [-0.1, -0.05) is 43.6 Å². The van der Waals surface area contributed by atoms with E-state index < -0.39 is 0 Å². The monoisotopic (exact) mass is 560 g/mol. The quantitative estimate of drug-likeness (QED) is 0.272. The van der Waals surface area contributed by atoms with E-state index in [0.29, 0.717) is 29.4 Å². The van der Waals surface area contributed by atoms with Crippen LogP contribution < -0.4 is 10.5 Å². The fourth-order valence-electron chi connectivity index (χ4n) is 5.38. The summed E-state index contributed by atoms with van der Waals surface area (Å²) in [5.74, 6) is 0.695. The van der Waals surface area contributed by atoms with E-state index in [2.05, 4.69) is 39.7 Å². The molecule has 0 bridgehead atoms. The number of hydrogen-bond acceptors (Lipinski definition) is 6. The molecular formula is C31H37ClN6O2. The van der Waals surface area contributed by atoms with Crippen molar-refractivity contribution in [3.8, 4) is 28.0 Å². The smallest absolute Gasteiger partial charge is 0.256 e. The van der Waals surface area contributed by atoms with Crippen molar-refractivity contribution in [1.29, 1.82) is 0 Å². The van der Waals surface area contributed by atoms with Gasteiger partial charge in [0.15, 0.2) is 0 Å². The number of nitrogen functional groups attached to an aromatic ring is 1. The molecule has 0 aliphatic carbocycles. The third-order valence-electron chi connectivity index (χ3n) is 7.91. The van der Waals surface area contributed by atoms with Crippen LogP contribution in [0.3, 0.4) is 0 Å². The molecule has 1 aliphatic heterocycles. The third-order valence-corrected chi connectivity index (χ3v) is 8.22. The molecule has 1 saturated heterocycles. The normalized spacial score (nSPS) is 14.3. The van der Waals surface area contributed by atoms with Crippen molar-refractivity contribution in [2.75, 3.05) is 65.2 Å². The highest BCUT2D eigenvalue weighted by Gasteiger charge is 2.25. The van der Waals surface area contributed by atoms with Crippen LogP contribution in [0, 0.1) is 0 Å². The Morgan fingerprint density at radius 1 is 1.07 bits per heavy atom. The summed E-state index contributed by atoms with van der Waals surface area (Å²) in [4.78, 5) is 28.3. The highest BCUT2D eigenvalue weighted by atomic mass is 35.5. The van der Waals surface area contributed by atoms with Crippen LogP contribution in [0.25, 0.3) is 33.3 Å². The van der Waals surface area contributed by atoms with Crippen molar-refractivity contribution in [2.45, 2.75) is 13.8 Å². The molecule has 1 amide bonds. The van der Waals surface area contributed by atoms with Crippen LogP contribution >= 0.6 is 11.6 Å². The fourth-order valence-corrected chi connectivity index (χ4v) is 5.60. The van der Waals surface area contributed by atoms with Crippen molar-refractivity contribution in [3.05, 3.63) is 65.4 Å². The van der Waals surface area contributed by atoms with E-state index in [-0.39, 0.29) is 5.91 Å². The van der Waals surface area contributed by atoms with Crippen LogP contribution in [0.5, 0.6) is 5.75 Å². The van der Waals surface area contributed by atoms with Crippen LogP contribution in [-0.2, 0) is 0 Å². The first-order valence-corrected chi connectivity index (χ1v) is 14.2. The number of hydrogen-bond donors (Lipinski definition) is 2. The number of rotatable bonds is 9. The molecule has 1 fully saturated rings. The average Bonchev–Trinajstić information content (AvgIpc) is 3.42. The minimum atomic E-state index is -0.0879. The van der Waals surface area contributed by atoms with Crippen molar-refractivity contribution in [2.24, 2.45) is 0 Å². The molecule has 0 atom stereocenters. The summed E-state index contributed by atoms with van der Waals surface area (Å²) in [6.07, 6.45) is 3.72. The SMILES string of the molecule is CCN(CC)CCN1CCN(C(=O)c2cc(-c3cnc4[nH]cc(-c5ccccc5OC)c4c3)cc(Cl)c2N)CC1. The lowest BCUT2D eigenvalue weighted by atomic mass is 9.99. The number of piperazine rings is 1. The molecule has 40 heavy (non-hydrogen) atoms. The maximum atomic E-state index is 13.6. The zero-order valence-electron chi connectivity index (χ0n) is 23.4. The molecule has 3 heterocycles. The molecule has 0 radical (unpaired) electrons. The number of carbonyl (C=O) groups excluding carboxylic acids is 1. The molecule has 2 aromatic heterocycles. The largest absolute Gasteiger partial charge is 0.496 e. The maximum Gasteiger partial charge on any atom is 0.256 e. The first-order chi connectivity index (χ1) is 19.4. The van der Waals surface area contributed by atoms with Gasteiger partial charge in [0.25, 0.3) is 5.91 Å². The average molecular weight is 561 g/mol. The topological polar surface area (TPSA) is 90.7 Å². The number of nitrogens with one attached hydrogen (secondary N) is 1. The van der Waals surface area contributed by atoms with Gasteiger partial charge in [-0.25, -0.2) is 4.98 Å². The predicted molar refractivity (Wildman–Crippen MR) is 163 cm³/mol. The summed E-state index contributed by atoms with van der Waals surface area (Å²) >= 11 is 6.59. The van der Waals surface area contributed by atoms with Gasteiger partial charge >= 0.3 is 0 Å². The molecular weight excluding hydrogens is 524 g/mol. The number of pyridine rings is 1. The van der Waals surface area contributed by atoms with E-state index in [4.69, 9.17) is 22.1 Å². The zero-order valence-corrected chi connectivity index (χ0v) is 24.2. The Morgan fingerprint density at radius 2 is 1.82 bits per heavy atom. The van der Waals surface area contributed by atoms with Gasteiger partial charge < -0.3 is 25.3 Å². The Morgan fingerprint density at radius 3 is 2.55 bits per heavy atom. The number of anilines is 1. The van der Waals surface area contributed by atoms with Crippen LogP contribution in [-0.4, -0.2) is 90.0 Å². The number of fused-ring (bicyclic) bond motifs is 1. The number of ether oxygens (including phenoxy) is 1. The van der Waals surface area contributed by atoms with Crippen molar-refractivity contribution >= 4 is 34.2 Å². The molecule has 8 nitrogen and oxygen atoms in total. The lowest BCUT2D eigenvalue weighted by molar-refractivity contribution is 0.0626. The van der Waals surface area contributed by atoms with Crippen molar-refractivity contribution in [3.63, 3.8) is 0 Å². The standard InChI is InChI=1S/C31H37ClN6O2/c1-4-36(5-2)10-11-37-12-14-38(15-13-37)31(39)25-16-21(18-27(32)29(25)33)22-17-24-26(20-35-30(24)34-19-22)23-8-6-7-9-28(23)40-3/h6-9,16-20H,4-5,10-15,33H2,1-3H3,(H,34,35). The zero-order chi connectivity index (χ0) is 28.2. The van der Waals surface area contributed by atoms with Gasteiger partial charge in [0.1, 0.15) is 11.4 Å². The first-order valence-electron chi connectivity index (χ1n) is 13.9. The Balaban J connectivity index is 1.39. The van der Waals surface area contributed by atoms with E-state index in [0.717, 1.165) is 78.3 Å². The van der Waals surface area contributed by atoms with Crippen LogP contribution in [0.1, 0.15) is 24.2 Å². The minimum Gasteiger partial charge on any atom is -0.496 e. The Hall–Kier alpha value is -3.59. The van der Waals surface area contributed by atoms with Gasteiger partial charge in [0.05, 0.1) is 23.4 Å². The number of aromatic amines is 1. The van der Waals surface area contributed by atoms with Crippen LogP contribution in [0.4, 0.5) is 5.69 Å². The van der Waals surface area contributed by atoms with E-state index in [1.54, 1.807) is 19.4 Å². The van der Waals surface area contributed by atoms with E-state index >= 15 is 0 Å². The molecule has 210 valence electrons. The number of benzene rings is 2. The molecule has 5 rings (SSSR count). The molecule has 4 aromatic rings. The summed E-state index contributed by atoms with van der Waals surface area (Å²) in [7, 11) is 1.67. The Bertz CT molecular complexity index is 1490. The molecule has 2 aromatic carbocycles. The highest BCUT2D eigenvalue weighted by molar-refractivity contribution is 6.34. The number of methoxy groups -OCH3 is 1. The number of nitrogens with zero attached hydrogens (tertiary/aromatic N) is 4. The van der Waals surface area contributed by atoms with E-state index in [9.17, 15) is 4.79 Å². The van der Waals surface area contributed by atoms with Crippen molar-refractivity contribution < 1.29 is 9.53 Å². The number of amides is 1. The van der Waals surface area contributed by atoms with Crippen LogP contribution in [0.2, 0.25) is 5.02 Å². The maximum absolute atomic E-state index is 13.6. The number of carbonyl (C=O) groups is 1. The number of halogens is 1. The Labute approximate surface area is 240 Å². The second-order valence-electron chi connectivity index (χ2n) is 10.1. The summed E-state index contributed by atoms with van der Waals surface area (Å²) in [5.41, 5.74) is 11.5. The van der Waals surface area contributed by atoms with Crippen LogP contribution in [0.15, 0.2) is 54.9 Å². The first kappa shape index (κ1) is 28.0. The number of aromatic nitrogens is 2. The van der Waals surface area contributed by atoms with Gasteiger partial charge in [0, 0.05) is 73.7 Å². The number of likely N-dealkylation sites (N-methyl/N-ethyl adjacent to an activating group) is 1. The van der Waals surface area contributed by atoms with Gasteiger partial charge in [-0.15, -0.1) is 0 Å². The summed E-state index contributed by atoms with van der Waals surface area (Å²) in [6.45, 7) is 11.6. The number of nitrogens with two attached hydrogens (primary N) is 1. The van der Waals surface area contributed by atoms with Gasteiger partial charge in [-0.05, 0) is 42.9 Å². The number of H-pyrrole nitrogens is 1. The second-order valence-corrected chi connectivity index (χ2v) is 10.5. The lowest BCUT2D eigenvalue weighted by Crippen LogP contribution is -2.50. The second kappa shape index (κ2) is 12.3. The lowest BCUT2D eigenvalue weighted by Gasteiger charge is -2.36. The molecule has 3 N–H and O–H groups in total. The van der Waals surface area contributed by atoms with Crippen molar-refractivity contribution in [1.82, 2.24) is 24.7 Å². The minimum absolute atomic E-state index is 0.0879. The van der Waals surface area contributed by atoms with Gasteiger partial charge in [-0.3, -0.25) is 9.69 Å². The van der Waals surface area contributed by atoms with Gasteiger partial charge in [-0.2, -0.15) is 0 Å². The molecule has 9 heteroatoms. The molecule has 1 aliphatic rings.